The lowest BCUT2D eigenvalue weighted by molar-refractivity contribution is 0.217. The molecule has 0 bridgehead atoms. The fourth-order valence-electron chi connectivity index (χ4n) is 1.51. The molecule has 2 aromatic rings. The van der Waals surface area contributed by atoms with E-state index in [4.69, 9.17) is 4.74 Å². The van der Waals surface area contributed by atoms with Crippen LogP contribution in [0.15, 0.2) is 30.9 Å². The standard InChI is InChI=1S/C11H13FN4O3S/c1-19-4-5-20(17,18)15-9-2-3-11(10(12)6-9)16-8-13-7-14-16/h2-3,6-8,15H,4-5H2,1H3. The molecule has 0 aliphatic carbocycles. The first-order valence-corrected chi connectivity index (χ1v) is 7.31. The third kappa shape index (κ3) is 3.52. The van der Waals surface area contributed by atoms with E-state index in [0.29, 0.717) is 0 Å². The maximum Gasteiger partial charge on any atom is 0.235 e. The number of sulfonamides is 1. The van der Waals surface area contributed by atoms with Crippen LogP contribution in [0, 0.1) is 5.82 Å². The number of anilines is 1. The van der Waals surface area contributed by atoms with Gasteiger partial charge in [0.2, 0.25) is 10.0 Å². The highest BCUT2D eigenvalue weighted by Gasteiger charge is 2.12. The Labute approximate surface area is 115 Å². The fourth-order valence-corrected chi connectivity index (χ4v) is 2.49. The predicted molar refractivity (Wildman–Crippen MR) is 70.6 cm³/mol. The first-order chi connectivity index (χ1) is 9.52. The predicted octanol–water partition coefficient (Wildman–Crippen LogP) is 0.794. The Morgan fingerprint density at radius 3 is 2.85 bits per heavy atom. The SMILES string of the molecule is COCCS(=O)(=O)Nc1ccc(-n2cncn2)c(F)c1. The molecule has 1 N–H and O–H groups in total. The van der Waals surface area contributed by atoms with Crippen LogP contribution >= 0.6 is 0 Å². The Hall–Kier alpha value is -2.00. The fraction of sp³-hybridized carbons (Fsp3) is 0.273. The maximum absolute atomic E-state index is 13.9. The molecule has 108 valence electrons. The summed E-state index contributed by atoms with van der Waals surface area (Å²) in [5, 5.41) is 3.80. The van der Waals surface area contributed by atoms with E-state index in [0.717, 1.165) is 6.07 Å². The van der Waals surface area contributed by atoms with Crippen LogP contribution in [0.1, 0.15) is 0 Å². The topological polar surface area (TPSA) is 86.1 Å². The minimum absolute atomic E-state index is 0.0643. The smallest absolute Gasteiger partial charge is 0.235 e. The molecular formula is C11H13FN4O3S. The molecule has 1 heterocycles. The number of nitrogens with zero attached hydrogens (tertiary/aromatic N) is 3. The lowest BCUT2D eigenvalue weighted by Crippen LogP contribution is -2.19. The van der Waals surface area contributed by atoms with E-state index < -0.39 is 15.8 Å². The summed E-state index contributed by atoms with van der Waals surface area (Å²) in [5.74, 6) is -0.807. The Bertz CT molecular complexity index is 673. The van der Waals surface area contributed by atoms with E-state index >= 15 is 0 Å². The van der Waals surface area contributed by atoms with Gasteiger partial charge in [-0.2, -0.15) is 5.10 Å². The quantitative estimate of drug-likeness (QED) is 0.852. The molecule has 0 amide bonds. The number of rotatable bonds is 6. The zero-order valence-electron chi connectivity index (χ0n) is 10.7. The highest BCUT2D eigenvalue weighted by Crippen LogP contribution is 2.18. The van der Waals surface area contributed by atoms with E-state index in [1.807, 2.05) is 0 Å². The molecule has 20 heavy (non-hydrogen) atoms. The van der Waals surface area contributed by atoms with Crippen LogP contribution in [-0.4, -0.2) is 42.7 Å². The van der Waals surface area contributed by atoms with Gasteiger partial charge < -0.3 is 4.74 Å². The molecule has 0 aliphatic heterocycles. The second-order valence-electron chi connectivity index (χ2n) is 3.92. The number of hydrogen-bond acceptors (Lipinski definition) is 5. The van der Waals surface area contributed by atoms with Crippen molar-refractivity contribution in [2.75, 3.05) is 24.2 Å². The van der Waals surface area contributed by atoms with Crippen LogP contribution in [0.4, 0.5) is 10.1 Å². The van der Waals surface area contributed by atoms with E-state index in [-0.39, 0.29) is 23.7 Å². The van der Waals surface area contributed by atoms with Crippen LogP contribution in [-0.2, 0) is 14.8 Å². The van der Waals surface area contributed by atoms with Crippen molar-refractivity contribution in [3.8, 4) is 5.69 Å². The van der Waals surface area contributed by atoms with Gasteiger partial charge in [0.15, 0.2) is 5.82 Å². The van der Waals surface area contributed by atoms with Gasteiger partial charge in [0, 0.05) is 13.2 Å². The van der Waals surface area contributed by atoms with Crippen LogP contribution in [0.5, 0.6) is 0 Å². The van der Waals surface area contributed by atoms with Gasteiger partial charge in [-0.3, -0.25) is 4.72 Å². The minimum atomic E-state index is -3.56. The molecule has 0 radical (unpaired) electrons. The van der Waals surface area contributed by atoms with Crippen molar-refractivity contribution in [2.24, 2.45) is 0 Å². The van der Waals surface area contributed by atoms with Crippen molar-refractivity contribution in [3.05, 3.63) is 36.7 Å². The van der Waals surface area contributed by atoms with Gasteiger partial charge in [-0.15, -0.1) is 0 Å². The zero-order valence-corrected chi connectivity index (χ0v) is 11.5. The van der Waals surface area contributed by atoms with Crippen molar-refractivity contribution in [3.63, 3.8) is 0 Å². The summed E-state index contributed by atoms with van der Waals surface area (Å²) >= 11 is 0. The maximum atomic E-state index is 13.9. The lowest BCUT2D eigenvalue weighted by atomic mass is 10.3. The van der Waals surface area contributed by atoms with Crippen molar-refractivity contribution in [1.82, 2.24) is 14.8 Å². The summed E-state index contributed by atoms with van der Waals surface area (Å²) in [7, 11) is -2.15. The normalized spacial score (nSPS) is 11.5. The number of methoxy groups -OCH3 is 1. The summed E-state index contributed by atoms with van der Waals surface area (Å²) in [6, 6.07) is 3.95. The molecule has 1 aromatic carbocycles. The number of ether oxygens (including phenoxy) is 1. The third-order valence-corrected chi connectivity index (χ3v) is 3.69. The molecule has 0 unspecified atom stereocenters. The monoisotopic (exact) mass is 300 g/mol. The molecule has 7 nitrogen and oxygen atoms in total. The average molecular weight is 300 g/mol. The molecule has 0 saturated heterocycles. The van der Waals surface area contributed by atoms with E-state index in [9.17, 15) is 12.8 Å². The van der Waals surface area contributed by atoms with Crippen molar-refractivity contribution in [2.45, 2.75) is 0 Å². The summed E-state index contributed by atoms with van der Waals surface area (Å²) in [6.45, 7) is 0.0643. The van der Waals surface area contributed by atoms with E-state index in [1.165, 1.54) is 36.6 Å². The van der Waals surface area contributed by atoms with E-state index in [1.54, 1.807) is 0 Å². The summed E-state index contributed by atoms with van der Waals surface area (Å²) in [6.07, 6.45) is 2.63. The molecule has 2 rings (SSSR count). The molecule has 0 aliphatic rings. The number of hydrogen-bond donors (Lipinski definition) is 1. The molecule has 9 heteroatoms. The highest BCUT2D eigenvalue weighted by molar-refractivity contribution is 7.92. The van der Waals surface area contributed by atoms with Gasteiger partial charge in [-0.05, 0) is 12.1 Å². The van der Waals surface area contributed by atoms with Crippen LogP contribution in [0.25, 0.3) is 5.69 Å². The van der Waals surface area contributed by atoms with Gasteiger partial charge >= 0.3 is 0 Å². The van der Waals surface area contributed by atoms with Gasteiger partial charge in [0.1, 0.15) is 18.3 Å². The van der Waals surface area contributed by atoms with Crippen molar-refractivity contribution in [1.29, 1.82) is 0 Å². The second kappa shape index (κ2) is 5.97. The number of aromatic nitrogens is 3. The molecule has 1 aromatic heterocycles. The second-order valence-corrected chi connectivity index (χ2v) is 5.76. The number of halogens is 1. The average Bonchev–Trinajstić information content (AvgIpc) is 2.90. The Morgan fingerprint density at radius 2 is 2.25 bits per heavy atom. The molecule has 0 saturated carbocycles. The molecule has 0 atom stereocenters. The van der Waals surface area contributed by atoms with Crippen molar-refractivity contribution >= 4 is 15.7 Å². The zero-order chi connectivity index (χ0) is 14.6. The summed E-state index contributed by atoms with van der Waals surface area (Å²) in [4.78, 5) is 3.72. The van der Waals surface area contributed by atoms with Gasteiger partial charge in [0.05, 0.1) is 18.0 Å². The summed E-state index contributed by atoms with van der Waals surface area (Å²) in [5.41, 5.74) is 0.324. The molecule has 0 fully saturated rings. The first kappa shape index (κ1) is 14.4. The first-order valence-electron chi connectivity index (χ1n) is 5.66. The number of nitrogens with one attached hydrogen (secondary N) is 1. The Balaban J connectivity index is 2.18. The summed E-state index contributed by atoms with van der Waals surface area (Å²) < 4.78 is 45.4. The third-order valence-electron chi connectivity index (χ3n) is 2.44. The number of benzene rings is 1. The van der Waals surface area contributed by atoms with Gasteiger partial charge in [0.25, 0.3) is 0 Å². The Morgan fingerprint density at radius 1 is 1.45 bits per heavy atom. The highest BCUT2D eigenvalue weighted by atomic mass is 32.2. The largest absolute Gasteiger partial charge is 0.384 e. The van der Waals surface area contributed by atoms with Crippen LogP contribution in [0.3, 0.4) is 0 Å². The van der Waals surface area contributed by atoms with Crippen LogP contribution in [0.2, 0.25) is 0 Å². The molecular weight excluding hydrogens is 287 g/mol. The Kier molecular flexibility index (Phi) is 4.30. The minimum Gasteiger partial charge on any atom is -0.384 e. The van der Waals surface area contributed by atoms with Gasteiger partial charge in [-0.25, -0.2) is 22.5 Å². The van der Waals surface area contributed by atoms with Gasteiger partial charge in [-0.1, -0.05) is 0 Å². The lowest BCUT2D eigenvalue weighted by Gasteiger charge is -2.09. The molecule has 0 spiro atoms. The van der Waals surface area contributed by atoms with E-state index in [2.05, 4.69) is 14.8 Å². The van der Waals surface area contributed by atoms with Crippen LogP contribution < -0.4 is 4.72 Å². The van der Waals surface area contributed by atoms with Crippen molar-refractivity contribution < 1.29 is 17.5 Å².